The molecule has 0 bridgehead atoms. The average Bonchev–Trinajstić information content (AvgIpc) is 3.16. The van der Waals surface area contributed by atoms with E-state index in [1.54, 1.807) is 43.3 Å². The van der Waals surface area contributed by atoms with Gasteiger partial charge in [0.05, 0.1) is 17.9 Å². The highest BCUT2D eigenvalue weighted by molar-refractivity contribution is 6.07. The largest absolute Gasteiger partial charge is 0.462 e. The van der Waals surface area contributed by atoms with Gasteiger partial charge < -0.3 is 15.4 Å². The van der Waals surface area contributed by atoms with Crippen LogP contribution in [0.3, 0.4) is 0 Å². The molecule has 136 valence electrons. The molecule has 0 unspecified atom stereocenters. The van der Waals surface area contributed by atoms with Crippen molar-refractivity contribution >= 4 is 23.4 Å². The lowest BCUT2D eigenvalue weighted by Gasteiger charge is -2.12. The number of anilines is 2. The summed E-state index contributed by atoms with van der Waals surface area (Å²) in [4.78, 5) is 24.4. The molecular formula is C19H22N4O3. The molecule has 1 amide bonds. The number of esters is 1. The molecule has 1 aliphatic rings. The van der Waals surface area contributed by atoms with Crippen molar-refractivity contribution in [1.82, 2.24) is 10.2 Å². The standard InChI is InChI=1S/C19H22N4O3/c1-2-26-19(25)14-9-5-6-10-15(14)21-18(24)16-11-12-17(23-22-16)20-13-7-3-4-8-13/h5-6,9-13H,2-4,7-8H2,1H3,(H,20,23)(H,21,24). The molecule has 0 aliphatic heterocycles. The summed E-state index contributed by atoms with van der Waals surface area (Å²) in [6, 6.07) is 10.5. The van der Waals surface area contributed by atoms with E-state index in [-0.39, 0.29) is 12.3 Å². The summed E-state index contributed by atoms with van der Waals surface area (Å²) in [5.41, 5.74) is 0.863. The van der Waals surface area contributed by atoms with Crippen LogP contribution in [0.5, 0.6) is 0 Å². The Morgan fingerprint density at radius 3 is 2.58 bits per heavy atom. The Morgan fingerprint density at radius 2 is 1.88 bits per heavy atom. The number of carbonyl (C=O) groups is 2. The molecule has 1 heterocycles. The molecule has 1 aliphatic carbocycles. The van der Waals surface area contributed by atoms with E-state index in [1.165, 1.54) is 12.8 Å². The summed E-state index contributed by atoms with van der Waals surface area (Å²) in [6.45, 7) is 2.00. The number of hydrogen-bond acceptors (Lipinski definition) is 6. The number of amides is 1. The number of nitrogens with one attached hydrogen (secondary N) is 2. The fourth-order valence-electron chi connectivity index (χ4n) is 2.97. The Balaban J connectivity index is 1.67. The molecule has 0 radical (unpaired) electrons. The summed E-state index contributed by atoms with van der Waals surface area (Å²) < 4.78 is 5.01. The second kappa shape index (κ2) is 8.42. The minimum absolute atomic E-state index is 0.181. The summed E-state index contributed by atoms with van der Waals surface area (Å²) in [5.74, 6) is -0.243. The number of aromatic nitrogens is 2. The lowest BCUT2D eigenvalue weighted by Crippen LogP contribution is -2.19. The van der Waals surface area contributed by atoms with Crippen LogP contribution in [0.4, 0.5) is 11.5 Å². The highest BCUT2D eigenvalue weighted by atomic mass is 16.5. The monoisotopic (exact) mass is 354 g/mol. The van der Waals surface area contributed by atoms with Crippen LogP contribution >= 0.6 is 0 Å². The molecule has 0 atom stereocenters. The van der Waals surface area contributed by atoms with Gasteiger partial charge in [0.1, 0.15) is 5.82 Å². The third-order valence-corrected chi connectivity index (χ3v) is 4.27. The smallest absolute Gasteiger partial charge is 0.340 e. The van der Waals surface area contributed by atoms with E-state index in [0.717, 1.165) is 12.8 Å². The van der Waals surface area contributed by atoms with Gasteiger partial charge in [0.15, 0.2) is 5.69 Å². The minimum atomic E-state index is -0.481. The molecule has 3 rings (SSSR count). The van der Waals surface area contributed by atoms with Crippen molar-refractivity contribution in [3.63, 3.8) is 0 Å². The van der Waals surface area contributed by atoms with Crippen LogP contribution in [0.1, 0.15) is 53.5 Å². The van der Waals surface area contributed by atoms with E-state index in [9.17, 15) is 9.59 Å². The second-order valence-electron chi connectivity index (χ2n) is 6.15. The summed E-state index contributed by atoms with van der Waals surface area (Å²) in [7, 11) is 0. The van der Waals surface area contributed by atoms with Crippen LogP contribution in [-0.2, 0) is 4.74 Å². The van der Waals surface area contributed by atoms with Crippen LogP contribution in [0.2, 0.25) is 0 Å². The molecule has 1 saturated carbocycles. The first kappa shape index (κ1) is 17.8. The van der Waals surface area contributed by atoms with E-state index in [4.69, 9.17) is 4.74 Å². The maximum atomic E-state index is 12.4. The first-order chi connectivity index (χ1) is 12.7. The zero-order valence-electron chi connectivity index (χ0n) is 14.7. The second-order valence-corrected chi connectivity index (χ2v) is 6.15. The number of benzene rings is 1. The Hall–Kier alpha value is -2.96. The van der Waals surface area contributed by atoms with Gasteiger partial charge in [0.25, 0.3) is 5.91 Å². The average molecular weight is 354 g/mol. The highest BCUT2D eigenvalue weighted by Gasteiger charge is 2.17. The SMILES string of the molecule is CCOC(=O)c1ccccc1NC(=O)c1ccc(NC2CCCC2)nn1. The van der Waals surface area contributed by atoms with E-state index in [1.807, 2.05) is 0 Å². The molecule has 7 nitrogen and oxygen atoms in total. The normalized spacial score (nSPS) is 14.0. The van der Waals surface area contributed by atoms with Gasteiger partial charge in [-0.1, -0.05) is 25.0 Å². The molecule has 2 aromatic rings. The van der Waals surface area contributed by atoms with Crippen LogP contribution in [-0.4, -0.2) is 34.7 Å². The first-order valence-corrected chi connectivity index (χ1v) is 8.85. The Morgan fingerprint density at radius 1 is 1.12 bits per heavy atom. The molecule has 1 aromatic heterocycles. The van der Waals surface area contributed by atoms with Crippen molar-refractivity contribution in [3.8, 4) is 0 Å². The zero-order chi connectivity index (χ0) is 18.4. The summed E-state index contributed by atoms with van der Waals surface area (Å²) in [6.07, 6.45) is 4.72. The Bertz CT molecular complexity index is 771. The Labute approximate surface area is 152 Å². The summed E-state index contributed by atoms with van der Waals surface area (Å²) in [5, 5.41) is 14.1. The number of ether oxygens (including phenoxy) is 1. The van der Waals surface area contributed by atoms with Gasteiger partial charge in [-0.2, -0.15) is 0 Å². The minimum Gasteiger partial charge on any atom is -0.462 e. The third kappa shape index (κ3) is 4.36. The molecule has 0 spiro atoms. The highest BCUT2D eigenvalue weighted by Crippen LogP contribution is 2.21. The molecule has 0 saturated heterocycles. The van der Waals surface area contributed by atoms with Crippen LogP contribution in [0.25, 0.3) is 0 Å². The zero-order valence-corrected chi connectivity index (χ0v) is 14.7. The van der Waals surface area contributed by atoms with E-state index < -0.39 is 11.9 Å². The fraction of sp³-hybridized carbons (Fsp3) is 0.368. The van der Waals surface area contributed by atoms with Crippen molar-refractivity contribution in [3.05, 3.63) is 47.7 Å². The fourth-order valence-corrected chi connectivity index (χ4v) is 2.97. The van der Waals surface area contributed by atoms with Gasteiger partial charge >= 0.3 is 5.97 Å². The van der Waals surface area contributed by atoms with Gasteiger partial charge in [-0.3, -0.25) is 4.79 Å². The van der Waals surface area contributed by atoms with Gasteiger partial charge in [-0.05, 0) is 44.0 Å². The van der Waals surface area contributed by atoms with Crippen molar-refractivity contribution in [1.29, 1.82) is 0 Å². The molecule has 26 heavy (non-hydrogen) atoms. The number of nitrogens with zero attached hydrogens (tertiary/aromatic N) is 2. The summed E-state index contributed by atoms with van der Waals surface area (Å²) >= 11 is 0. The number of carbonyl (C=O) groups excluding carboxylic acids is 2. The third-order valence-electron chi connectivity index (χ3n) is 4.27. The van der Waals surface area contributed by atoms with E-state index in [0.29, 0.717) is 23.1 Å². The van der Waals surface area contributed by atoms with Crippen LogP contribution in [0.15, 0.2) is 36.4 Å². The van der Waals surface area contributed by atoms with Gasteiger partial charge in [-0.25, -0.2) is 4.79 Å². The molecule has 1 aromatic carbocycles. The van der Waals surface area contributed by atoms with Gasteiger partial charge in [-0.15, -0.1) is 10.2 Å². The topological polar surface area (TPSA) is 93.2 Å². The lowest BCUT2D eigenvalue weighted by molar-refractivity contribution is 0.0527. The predicted molar refractivity (Wildman–Crippen MR) is 98.3 cm³/mol. The molecule has 2 N–H and O–H groups in total. The van der Waals surface area contributed by atoms with Crippen molar-refractivity contribution in [2.75, 3.05) is 17.2 Å². The Kier molecular flexibility index (Phi) is 5.78. The maximum Gasteiger partial charge on any atom is 0.340 e. The number of rotatable bonds is 6. The van der Waals surface area contributed by atoms with Gasteiger partial charge in [0, 0.05) is 6.04 Å². The first-order valence-electron chi connectivity index (χ1n) is 8.85. The van der Waals surface area contributed by atoms with Crippen LogP contribution < -0.4 is 10.6 Å². The van der Waals surface area contributed by atoms with Gasteiger partial charge in [0.2, 0.25) is 0 Å². The molecule has 1 fully saturated rings. The van der Waals surface area contributed by atoms with Crippen LogP contribution in [0, 0.1) is 0 Å². The lowest BCUT2D eigenvalue weighted by atomic mass is 10.1. The maximum absolute atomic E-state index is 12.4. The van der Waals surface area contributed by atoms with E-state index in [2.05, 4.69) is 20.8 Å². The number of hydrogen-bond donors (Lipinski definition) is 2. The molecular weight excluding hydrogens is 332 g/mol. The number of para-hydroxylation sites is 1. The van der Waals surface area contributed by atoms with E-state index >= 15 is 0 Å². The predicted octanol–water partition coefficient (Wildman–Crippen LogP) is 3.26. The van der Waals surface area contributed by atoms with Crippen molar-refractivity contribution in [2.24, 2.45) is 0 Å². The van der Waals surface area contributed by atoms with Crippen molar-refractivity contribution in [2.45, 2.75) is 38.6 Å². The molecule has 7 heteroatoms. The quantitative estimate of drug-likeness (QED) is 0.774. The van der Waals surface area contributed by atoms with Crippen molar-refractivity contribution < 1.29 is 14.3 Å².